The zero-order chi connectivity index (χ0) is 10.7. The Kier molecular flexibility index (Phi) is 2.92. The van der Waals surface area contributed by atoms with E-state index in [-0.39, 0.29) is 0 Å². The predicted octanol–water partition coefficient (Wildman–Crippen LogP) is 3.12. The smallest absolute Gasteiger partial charge is 0.0458 e. The van der Waals surface area contributed by atoms with E-state index in [2.05, 4.69) is 17.1 Å². The highest BCUT2D eigenvalue weighted by atomic mass is 32.2. The molecule has 0 fully saturated rings. The number of nitrogens with zero attached hydrogens (tertiary/aromatic N) is 1. The van der Waals surface area contributed by atoms with Crippen LogP contribution in [0.15, 0.2) is 52.5 Å². The van der Waals surface area contributed by atoms with Gasteiger partial charge in [0.15, 0.2) is 0 Å². The minimum absolute atomic E-state index is 0.830. The first-order chi connectivity index (χ1) is 7.25. The lowest BCUT2D eigenvalue weighted by Gasteiger charge is -2.05. The Bertz CT molecular complexity index is 454. The van der Waals surface area contributed by atoms with Gasteiger partial charge in [0.25, 0.3) is 0 Å². The lowest BCUT2D eigenvalue weighted by atomic mass is 10.2. The second-order valence-corrected chi connectivity index (χ2v) is 4.44. The van der Waals surface area contributed by atoms with Crippen LogP contribution in [0.4, 0.5) is 5.69 Å². The Hall–Kier alpha value is -1.48. The summed E-state index contributed by atoms with van der Waals surface area (Å²) in [5, 5.41) is 0. The fourth-order valence-electron chi connectivity index (χ4n) is 1.29. The molecular formula is C12H12N2S. The van der Waals surface area contributed by atoms with Gasteiger partial charge in [-0.1, -0.05) is 17.8 Å². The van der Waals surface area contributed by atoms with Crippen molar-refractivity contribution in [3.63, 3.8) is 0 Å². The van der Waals surface area contributed by atoms with Gasteiger partial charge in [0.1, 0.15) is 0 Å². The van der Waals surface area contributed by atoms with Crippen LogP contribution >= 0.6 is 11.8 Å². The van der Waals surface area contributed by atoms with Crippen molar-refractivity contribution < 1.29 is 0 Å². The van der Waals surface area contributed by atoms with E-state index in [0.29, 0.717) is 0 Å². The van der Waals surface area contributed by atoms with E-state index >= 15 is 0 Å². The molecule has 0 spiro atoms. The molecule has 0 radical (unpaired) electrons. The minimum atomic E-state index is 0.830. The third-order valence-electron chi connectivity index (χ3n) is 2.04. The van der Waals surface area contributed by atoms with Crippen molar-refractivity contribution in [2.45, 2.75) is 16.7 Å². The Morgan fingerprint density at radius 3 is 2.53 bits per heavy atom. The maximum Gasteiger partial charge on any atom is 0.0458 e. The summed E-state index contributed by atoms with van der Waals surface area (Å²) in [5.74, 6) is 0. The van der Waals surface area contributed by atoms with E-state index in [1.54, 1.807) is 24.2 Å². The molecule has 0 unspecified atom stereocenters. The third-order valence-corrected chi connectivity index (χ3v) is 3.14. The molecule has 1 aromatic heterocycles. The Balaban J connectivity index is 2.25. The highest BCUT2D eigenvalue weighted by molar-refractivity contribution is 7.99. The van der Waals surface area contributed by atoms with E-state index in [1.165, 1.54) is 5.56 Å². The van der Waals surface area contributed by atoms with Crippen LogP contribution in [0.3, 0.4) is 0 Å². The average Bonchev–Trinajstić information content (AvgIpc) is 2.24. The molecule has 0 aliphatic carbocycles. The number of rotatable bonds is 2. The Morgan fingerprint density at radius 2 is 1.87 bits per heavy atom. The van der Waals surface area contributed by atoms with Crippen LogP contribution in [0, 0.1) is 6.92 Å². The molecule has 0 saturated heterocycles. The molecule has 0 aliphatic rings. The SMILES string of the molecule is Cc1ccc(Sc2ccncc2)c(N)c1. The predicted molar refractivity (Wildman–Crippen MR) is 64.0 cm³/mol. The van der Waals surface area contributed by atoms with Crippen LogP contribution < -0.4 is 5.73 Å². The molecule has 76 valence electrons. The third kappa shape index (κ3) is 2.50. The van der Waals surface area contributed by atoms with Crippen LogP contribution in [-0.2, 0) is 0 Å². The summed E-state index contributed by atoms with van der Waals surface area (Å²) < 4.78 is 0. The first-order valence-corrected chi connectivity index (χ1v) is 5.51. The fourth-order valence-corrected chi connectivity index (χ4v) is 2.12. The van der Waals surface area contributed by atoms with Crippen molar-refractivity contribution >= 4 is 17.4 Å². The quantitative estimate of drug-likeness (QED) is 0.784. The van der Waals surface area contributed by atoms with Gasteiger partial charge in [-0.05, 0) is 36.8 Å². The number of pyridine rings is 1. The zero-order valence-corrected chi connectivity index (χ0v) is 9.29. The monoisotopic (exact) mass is 216 g/mol. The van der Waals surface area contributed by atoms with Gasteiger partial charge < -0.3 is 5.73 Å². The zero-order valence-electron chi connectivity index (χ0n) is 8.47. The highest BCUT2D eigenvalue weighted by Gasteiger charge is 2.01. The van der Waals surface area contributed by atoms with Crippen LogP contribution in [0.5, 0.6) is 0 Å². The summed E-state index contributed by atoms with van der Waals surface area (Å²) in [6.07, 6.45) is 3.57. The van der Waals surface area contributed by atoms with E-state index < -0.39 is 0 Å². The lowest BCUT2D eigenvalue weighted by molar-refractivity contribution is 1.26. The van der Waals surface area contributed by atoms with Crippen LogP contribution in [-0.4, -0.2) is 4.98 Å². The fraction of sp³-hybridized carbons (Fsp3) is 0.0833. The molecule has 2 rings (SSSR count). The summed E-state index contributed by atoms with van der Waals surface area (Å²) in [7, 11) is 0. The van der Waals surface area contributed by atoms with Crippen molar-refractivity contribution in [1.82, 2.24) is 4.98 Å². The number of nitrogen functional groups attached to an aromatic ring is 1. The van der Waals surface area contributed by atoms with Gasteiger partial charge in [-0.15, -0.1) is 0 Å². The molecule has 2 aromatic rings. The maximum atomic E-state index is 5.93. The molecule has 0 bridgehead atoms. The number of aromatic nitrogens is 1. The molecule has 0 aliphatic heterocycles. The second kappa shape index (κ2) is 4.36. The molecule has 2 N–H and O–H groups in total. The number of hydrogen-bond donors (Lipinski definition) is 1. The summed E-state index contributed by atoms with van der Waals surface area (Å²) in [6, 6.07) is 10.1. The first-order valence-electron chi connectivity index (χ1n) is 4.70. The van der Waals surface area contributed by atoms with Crippen LogP contribution in [0.25, 0.3) is 0 Å². The van der Waals surface area contributed by atoms with Gasteiger partial charge in [0.05, 0.1) is 0 Å². The number of hydrogen-bond acceptors (Lipinski definition) is 3. The van der Waals surface area contributed by atoms with E-state index in [0.717, 1.165) is 15.5 Å². The van der Waals surface area contributed by atoms with Gasteiger partial charge in [-0.2, -0.15) is 0 Å². The molecule has 0 saturated carbocycles. The molecule has 0 amide bonds. The van der Waals surface area contributed by atoms with Crippen molar-refractivity contribution in [2.24, 2.45) is 0 Å². The van der Waals surface area contributed by atoms with Gasteiger partial charge in [0, 0.05) is 27.9 Å². The van der Waals surface area contributed by atoms with Gasteiger partial charge in [-0.3, -0.25) is 4.98 Å². The summed E-state index contributed by atoms with van der Waals surface area (Å²) in [4.78, 5) is 6.22. The van der Waals surface area contributed by atoms with E-state index in [1.807, 2.05) is 25.1 Å². The van der Waals surface area contributed by atoms with Crippen molar-refractivity contribution in [1.29, 1.82) is 0 Å². The normalized spacial score (nSPS) is 10.2. The van der Waals surface area contributed by atoms with Crippen molar-refractivity contribution in [3.05, 3.63) is 48.3 Å². The number of nitrogens with two attached hydrogens (primary N) is 1. The Labute approximate surface area is 93.5 Å². The van der Waals surface area contributed by atoms with Crippen molar-refractivity contribution in [3.8, 4) is 0 Å². The van der Waals surface area contributed by atoms with Crippen LogP contribution in [0.1, 0.15) is 5.56 Å². The number of benzene rings is 1. The molecular weight excluding hydrogens is 204 g/mol. The van der Waals surface area contributed by atoms with Crippen molar-refractivity contribution in [2.75, 3.05) is 5.73 Å². The first kappa shape index (κ1) is 10.1. The standard InChI is InChI=1S/C12H12N2S/c1-9-2-3-12(11(13)8-9)15-10-4-6-14-7-5-10/h2-8H,13H2,1H3. The van der Waals surface area contributed by atoms with Gasteiger partial charge in [-0.25, -0.2) is 0 Å². The second-order valence-electron chi connectivity index (χ2n) is 3.33. The minimum Gasteiger partial charge on any atom is -0.398 e. The highest BCUT2D eigenvalue weighted by Crippen LogP contribution is 2.31. The number of anilines is 1. The molecule has 2 nitrogen and oxygen atoms in total. The van der Waals surface area contributed by atoms with E-state index in [9.17, 15) is 0 Å². The summed E-state index contributed by atoms with van der Waals surface area (Å²) in [6.45, 7) is 2.04. The summed E-state index contributed by atoms with van der Waals surface area (Å²) >= 11 is 1.66. The largest absolute Gasteiger partial charge is 0.398 e. The molecule has 1 aromatic carbocycles. The summed E-state index contributed by atoms with van der Waals surface area (Å²) in [5.41, 5.74) is 7.95. The molecule has 1 heterocycles. The van der Waals surface area contributed by atoms with Crippen LogP contribution in [0.2, 0.25) is 0 Å². The maximum absolute atomic E-state index is 5.93. The average molecular weight is 216 g/mol. The molecule has 15 heavy (non-hydrogen) atoms. The number of aryl methyl sites for hydroxylation is 1. The van der Waals surface area contributed by atoms with Gasteiger partial charge in [0.2, 0.25) is 0 Å². The topological polar surface area (TPSA) is 38.9 Å². The lowest BCUT2D eigenvalue weighted by Crippen LogP contribution is -1.89. The van der Waals surface area contributed by atoms with E-state index in [4.69, 9.17) is 5.73 Å². The molecule has 0 atom stereocenters. The molecule has 3 heteroatoms. The van der Waals surface area contributed by atoms with Gasteiger partial charge >= 0.3 is 0 Å². The Morgan fingerprint density at radius 1 is 1.13 bits per heavy atom.